The third kappa shape index (κ3) is 3.06. The summed E-state index contributed by atoms with van der Waals surface area (Å²) in [6.45, 7) is 2.26. The van der Waals surface area contributed by atoms with Crippen LogP contribution >= 0.6 is 0 Å². The van der Waals surface area contributed by atoms with Gasteiger partial charge in [-0.1, -0.05) is 26.2 Å². The zero-order chi connectivity index (χ0) is 12.3. The van der Waals surface area contributed by atoms with Crippen LogP contribution < -0.4 is 0 Å². The standard InChI is InChI=1S/C13H23N3O/c1-3-10-4-6-11(7-5-10)12(17)8-13-14-9-15-16(13)2/h9-12,17H,3-8H2,1-2H3. The van der Waals surface area contributed by atoms with Crippen LogP contribution in [0, 0.1) is 11.8 Å². The fourth-order valence-electron chi connectivity index (χ4n) is 2.84. The molecule has 2 rings (SSSR count). The smallest absolute Gasteiger partial charge is 0.138 e. The van der Waals surface area contributed by atoms with Crippen LogP contribution in [0.25, 0.3) is 0 Å². The lowest BCUT2D eigenvalue weighted by Crippen LogP contribution is -2.28. The summed E-state index contributed by atoms with van der Waals surface area (Å²) in [7, 11) is 1.88. The van der Waals surface area contributed by atoms with Crippen LogP contribution in [-0.4, -0.2) is 26.0 Å². The Balaban J connectivity index is 1.85. The first-order valence-corrected chi connectivity index (χ1v) is 6.71. The molecule has 0 radical (unpaired) electrons. The van der Waals surface area contributed by atoms with Crippen LogP contribution in [-0.2, 0) is 13.5 Å². The number of aliphatic hydroxyl groups is 1. The van der Waals surface area contributed by atoms with E-state index in [1.165, 1.54) is 19.3 Å². The summed E-state index contributed by atoms with van der Waals surface area (Å²) in [6, 6.07) is 0. The van der Waals surface area contributed by atoms with Gasteiger partial charge in [-0.25, -0.2) is 4.98 Å². The molecule has 17 heavy (non-hydrogen) atoms. The number of rotatable bonds is 4. The first kappa shape index (κ1) is 12.6. The summed E-state index contributed by atoms with van der Waals surface area (Å²) in [5.74, 6) is 2.22. The van der Waals surface area contributed by atoms with Gasteiger partial charge in [-0.05, 0) is 24.7 Å². The van der Waals surface area contributed by atoms with Crippen molar-refractivity contribution in [3.63, 3.8) is 0 Å². The molecule has 1 aromatic heterocycles. The van der Waals surface area contributed by atoms with E-state index in [2.05, 4.69) is 17.0 Å². The number of aliphatic hydroxyl groups excluding tert-OH is 1. The van der Waals surface area contributed by atoms with Gasteiger partial charge in [0.25, 0.3) is 0 Å². The minimum absolute atomic E-state index is 0.254. The maximum absolute atomic E-state index is 10.2. The second kappa shape index (κ2) is 5.63. The van der Waals surface area contributed by atoms with Gasteiger partial charge in [0, 0.05) is 13.5 Å². The quantitative estimate of drug-likeness (QED) is 0.870. The molecule has 1 N–H and O–H groups in total. The molecule has 1 aliphatic carbocycles. The van der Waals surface area contributed by atoms with Crippen molar-refractivity contribution >= 4 is 0 Å². The Labute approximate surface area is 103 Å². The van der Waals surface area contributed by atoms with Gasteiger partial charge in [0.2, 0.25) is 0 Å². The molecule has 1 fully saturated rings. The Morgan fingerprint density at radius 3 is 2.65 bits per heavy atom. The van der Waals surface area contributed by atoms with E-state index >= 15 is 0 Å². The van der Waals surface area contributed by atoms with Crippen molar-refractivity contribution in [2.75, 3.05) is 0 Å². The summed E-state index contributed by atoms with van der Waals surface area (Å²) >= 11 is 0. The minimum Gasteiger partial charge on any atom is -0.392 e. The van der Waals surface area contributed by atoms with Crippen LogP contribution in [0.5, 0.6) is 0 Å². The molecular weight excluding hydrogens is 214 g/mol. The van der Waals surface area contributed by atoms with Gasteiger partial charge in [0.15, 0.2) is 0 Å². The molecule has 0 bridgehead atoms. The number of aromatic nitrogens is 3. The van der Waals surface area contributed by atoms with Crippen LogP contribution in [0.15, 0.2) is 6.33 Å². The van der Waals surface area contributed by atoms with Gasteiger partial charge in [-0.3, -0.25) is 4.68 Å². The molecule has 1 saturated carbocycles. The highest BCUT2D eigenvalue weighted by Gasteiger charge is 2.26. The van der Waals surface area contributed by atoms with Gasteiger partial charge in [0.05, 0.1) is 6.10 Å². The van der Waals surface area contributed by atoms with E-state index in [9.17, 15) is 5.11 Å². The summed E-state index contributed by atoms with van der Waals surface area (Å²) in [6.07, 6.45) is 8.10. The van der Waals surface area contributed by atoms with E-state index in [4.69, 9.17) is 0 Å². The van der Waals surface area contributed by atoms with Gasteiger partial charge in [-0.15, -0.1) is 0 Å². The van der Waals surface area contributed by atoms with E-state index in [1.807, 2.05) is 7.05 Å². The maximum atomic E-state index is 10.2. The third-order valence-corrected chi connectivity index (χ3v) is 4.21. The zero-order valence-corrected chi connectivity index (χ0v) is 10.8. The van der Waals surface area contributed by atoms with E-state index in [0.717, 1.165) is 24.6 Å². The summed E-state index contributed by atoms with van der Waals surface area (Å²) < 4.78 is 1.75. The number of nitrogens with zero attached hydrogens (tertiary/aromatic N) is 3. The monoisotopic (exact) mass is 237 g/mol. The number of aryl methyl sites for hydroxylation is 1. The lowest BCUT2D eigenvalue weighted by molar-refractivity contribution is 0.0712. The van der Waals surface area contributed by atoms with Crippen molar-refractivity contribution in [3.8, 4) is 0 Å². The predicted octanol–water partition coefficient (Wildman–Crippen LogP) is 1.93. The second-order valence-electron chi connectivity index (χ2n) is 5.26. The Kier molecular flexibility index (Phi) is 4.15. The molecule has 1 heterocycles. The van der Waals surface area contributed by atoms with Crippen molar-refractivity contribution in [2.24, 2.45) is 18.9 Å². The predicted molar refractivity (Wildman–Crippen MR) is 66.5 cm³/mol. The fraction of sp³-hybridized carbons (Fsp3) is 0.846. The van der Waals surface area contributed by atoms with Crippen molar-refractivity contribution in [1.29, 1.82) is 0 Å². The van der Waals surface area contributed by atoms with Crippen LogP contribution in [0.3, 0.4) is 0 Å². The Morgan fingerprint density at radius 2 is 2.12 bits per heavy atom. The van der Waals surface area contributed by atoms with E-state index in [1.54, 1.807) is 11.0 Å². The van der Waals surface area contributed by atoms with Gasteiger partial charge < -0.3 is 5.11 Å². The van der Waals surface area contributed by atoms with Crippen LogP contribution in [0.1, 0.15) is 44.9 Å². The van der Waals surface area contributed by atoms with Gasteiger partial charge >= 0.3 is 0 Å². The second-order valence-corrected chi connectivity index (χ2v) is 5.26. The van der Waals surface area contributed by atoms with Gasteiger partial charge in [-0.2, -0.15) is 5.10 Å². The summed E-state index contributed by atoms with van der Waals surface area (Å²) in [5, 5.41) is 14.3. The Hall–Kier alpha value is -0.900. The minimum atomic E-state index is -0.254. The molecule has 0 amide bonds. The number of hydrogen-bond donors (Lipinski definition) is 1. The lowest BCUT2D eigenvalue weighted by atomic mass is 9.78. The molecule has 0 aromatic carbocycles. The molecule has 96 valence electrons. The van der Waals surface area contributed by atoms with E-state index in [-0.39, 0.29) is 6.10 Å². The summed E-state index contributed by atoms with van der Waals surface area (Å²) in [5.41, 5.74) is 0. The third-order valence-electron chi connectivity index (χ3n) is 4.21. The van der Waals surface area contributed by atoms with E-state index in [0.29, 0.717) is 12.3 Å². The molecular formula is C13H23N3O. The molecule has 1 unspecified atom stereocenters. The van der Waals surface area contributed by atoms with Crippen molar-refractivity contribution in [3.05, 3.63) is 12.2 Å². The highest BCUT2D eigenvalue weighted by molar-refractivity contribution is 4.89. The molecule has 4 nitrogen and oxygen atoms in total. The first-order valence-electron chi connectivity index (χ1n) is 6.71. The topological polar surface area (TPSA) is 50.9 Å². The molecule has 0 aliphatic heterocycles. The Bertz CT molecular complexity index is 342. The molecule has 1 aliphatic rings. The van der Waals surface area contributed by atoms with E-state index < -0.39 is 0 Å². The zero-order valence-electron chi connectivity index (χ0n) is 10.8. The summed E-state index contributed by atoms with van der Waals surface area (Å²) in [4.78, 5) is 4.17. The molecule has 0 spiro atoms. The first-order chi connectivity index (χ1) is 8.20. The largest absolute Gasteiger partial charge is 0.392 e. The lowest BCUT2D eigenvalue weighted by Gasteiger charge is -2.30. The molecule has 1 atom stereocenters. The Morgan fingerprint density at radius 1 is 1.41 bits per heavy atom. The molecule has 0 saturated heterocycles. The highest BCUT2D eigenvalue weighted by atomic mass is 16.3. The van der Waals surface area contributed by atoms with Crippen LogP contribution in [0.4, 0.5) is 0 Å². The van der Waals surface area contributed by atoms with Crippen LogP contribution in [0.2, 0.25) is 0 Å². The highest BCUT2D eigenvalue weighted by Crippen LogP contribution is 2.33. The van der Waals surface area contributed by atoms with Crippen molar-refractivity contribution in [1.82, 2.24) is 14.8 Å². The fourth-order valence-corrected chi connectivity index (χ4v) is 2.84. The normalized spacial score (nSPS) is 27.0. The molecule has 1 aromatic rings. The SMILES string of the molecule is CCC1CCC(C(O)Cc2ncnn2C)CC1. The maximum Gasteiger partial charge on any atom is 0.138 e. The average Bonchev–Trinajstić information content (AvgIpc) is 2.75. The van der Waals surface area contributed by atoms with Crippen molar-refractivity contribution < 1.29 is 5.11 Å². The van der Waals surface area contributed by atoms with Crippen molar-refractivity contribution in [2.45, 2.75) is 51.6 Å². The average molecular weight is 237 g/mol. The van der Waals surface area contributed by atoms with Gasteiger partial charge in [0.1, 0.15) is 12.2 Å². The molecule has 4 heteroatoms. The number of hydrogen-bond acceptors (Lipinski definition) is 3.